The number of halogens is 1. The standard InChI is InChI=1S/C18H27ClN4O4/c1-11-12(20-17(26)27-18(2,3)4)10-13(14(19)15(11)21-16(24)25)23-8-6-22(5)7-9-23/h10,21H,6-9H2,1-5H3,(H,20,26)(H,24,25). The quantitative estimate of drug-likeness (QED) is 0.716. The van der Waals surface area contributed by atoms with E-state index in [1.807, 2.05) is 7.05 Å². The van der Waals surface area contributed by atoms with Crippen molar-refractivity contribution in [2.24, 2.45) is 0 Å². The number of nitrogens with one attached hydrogen (secondary N) is 2. The van der Waals surface area contributed by atoms with Gasteiger partial charge in [-0.1, -0.05) is 11.6 Å². The molecule has 1 aromatic carbocycles. The van der Waals surface area contributed by atoms with Crippen LogP contribution >= 0.6 is 11.6 Å². The van der Waals surface area contributed by atoms with Crippen molar-refractivity contribution in [1.82, 2.24) is 4.90 Å². The Morgan fingerprint density at radius 2 is 1.78 bits per heavy atom. The van der Waals surface area contributed by atoms with Crippen molar-refractivity contribution in [1.29, 1.82) is 0 Å². The molecule has 1 heterocycles. The minimum atomic E-state index is -1.22. The summed E-state index contributed by atoms with van der Waals surface area (Å²) in [5.74, 6) is 0. The van der Waals surface area contributed by atoms with Gasteiger partial charge in [0.15, 0.2) is 0 Å². The average molecular weight is 399 g/mol. The SMILES string of the molecule is Cc1c(NC(=O)OC(C)(C)C)cc(N2CCN(C)CC2)c(Cl)c1NC(=O)O. The van der Waals surface area contributed by atoms with Crippen LogP contribution < -0.4 is 15.5 Å². The van der Waals surface area contributed by atoms with Gasteiger partial charge in [0.2, 0.25) is 0 Å². The molecule has 0 spiro atoms. The van der Waals surface area contributed by atoms with Gasteiger partial charge in [0, 0.05) is 26.2 Å². The average Bonchev–Trinajstić information content (AvgIpc) is 2.53. The minimum absolute atomic E-state index is 0.256. The maximum atomic E-state index is 12.2. The fourth-order valence-corrected chi connectivity index (χ4v) is 3.18. The van der Waals surface area contributed by atoms with Crippen LogP contribution in [0.3, 0.4) is 0 Å². The lowest BCUT2D eigenvalue weighted by Crippen LogP contribution is -2.44. The number of benzene rings is 1. The first-order chi connectivity index (χ1) is 12.5. The first-order valence-electron chi connectivity index (χ1n) is 8.74. The number of piperazine rings is 1. The van der Waals surface area contributed by atoms with Crippen molar-refractivity contribution >= 4 is 40.8 Å². The highest BCUT2D eigenvalue weighted by Gasteiger charge is 2.24. The summed E-state index contributed by atoms with van der Waals surface area (Å²) in [6.07, 6.45) is -1.84. The molecule has 27 heavy (non-hydrogen) atoms. The van der Waals surface area contributed by atoms with Crippen LogP contribution in [0.25, 0.3) is 0 Å². The summed E-state index contributed by atoms with van der Waals surface area (Å²) in [5, 5.41) is 14.5. The van der Waals surface area contributed by atoms with Gasteiger partial charge < -0.3 is 19.6 Å². The van der Waals surface area contributed by atoms with Gasteiger partial charge in [-0.15, -0.1) is 0 Å². The molecule has 0 saturated carbocycles. The van der Waals surface area contributed by atoms with E-state index in [-0.39, 0.29) is 5.69 Å². The lowest BCUT2D eigenvalue weighted by atomic mass is 10.1. The summed E-state index contributed by atoms with van der Waals surface area (Å²) in [7, 11) is 2.04. The van der Waals surface area contributed by atoms with Crippen molar-refractivity contribution in [2.45, 2.75) is 33.3 Å². The van der Waals surface area contributed by atoms with E-state index in [0.29, 0.717) is 22.0 Å². The van der Waals surface area contributed by atoms with Crippen LogP contribution in [0.4, 0.5) is 26.7 Å². The fourth-order valence-electron chi connectivity index (χ4n) is 2.81. The van der Waals surface area contributed by atoms with Gasteiger partial charge in [0.1, 0.15) is 5.60 Å². The fraction of sp³-hybridized carbons (Fsp3) is 0.556. The van der Waals surface area contributed by atoms with E-state index in [9.17, 15) is 14.7 Å². The highest BCUT2D eigenvalue weighted by atomic mass is 35.5. The number of ether oxygens (including phenoxy) is 1. The second-order valence-electron chi connectivity index (χ2n) is 7.60. The minimum Gasteiger partial charge on any atom is -0.465 e. The molecule has 150 valence electrons. The molecule has 1 fully saturated rings. The van der Waals surface area contributed by atoms with Crippen LogP contribution in [-0.2, 0) is 4.74 Å². The summed E-state index contributed by atoms with van der Waals surface area (Å²) in [6.45, 7) is 10.2. The van der Waals surface area contributed by atoms with Crippen LogP contribution in [0.1, 0.15) is 26.3 Å². The Bertz CT molecular complexity index is 725. The molecule has 1 aromatic rings. The lowest BCUT2D eigenvalue weighted by molar-refractivity contribution is 0.0636. The van der Waals surface area contributed by atoms with Crippen LogP contribution in [0, 0.1) is 6.92 Å². The van der Waals surface area contributed by atoms with Crippen LogP contribution in [-0.4, -0.2) is 61.0 Å². The molecule has 9 heteroatoms. The summed E-state index contributed by atoms with van der Waals surface area (Å²) < 4.78 is 5.31. The lowest BCUT2D eigenvalue weighted by Gasteiger charge is -2.35. The van der Waals surface area contributed by atoms with Gasteiger partial charge in [-0.05, 0) is 46.4 Å². The monoisotopic (exact) mass is 398 g/mol. The third-order valence-corrected chi connectivity index (χ3v) is 4.60. The maximum Gasteiger partial charge on any atom is 0.412 e. The highest BCUT2D eigenvalue weighted by Crippen LogP contribution is 2.40. The van der Waals surface area contributed by atoms with Gasteiger partial charge in [0.25, 0.3) is 0 Å². The Kier molecular flexibility index (Phi) is 6.43. The third-order valence-electron chi connectivity index (χ3n) is 4.22. The molecule has 0 aromatic heterocycles. The van der Waals surface area contributed by atoms with E-state index in [1.54, 1.807) is 33.8 Å². The Labute approximate surface area is 164 Å². The molecule has 1 aliphatic rings. The van der Waals surface area contributed by atoms with E-state index in [2.05, 4.69) is 20.4 Å². The zero-order chi connectivity index (χ0) is 20.4. The van der Waals surface area contributed by atoms with Gasteiger partial charge in [-0.25, -0.2) is 9.59 Å². The molecule has 0 aliphatic carbocycles. The molecule has 8 nitrogen and oxygen atoms in total. The summed E-state index contributed by atoms with van der Waals surface area (Å²) in [4.78, 5) is 27.7. The second kappa shape index (κ2) is 8.22. The van der Waals surface area contributed by atoms with E-state index in [0.717, 1.165) is 26.2 Å². The van der Waals surface area contributed by atoms with Crippen molar-refractivity contribution in [3.63, 3.8) is 0 Å². The number of hydrogen-bond acceptors (Lipinski definition) is 5. The van der Waals surface area contributed by atoms with E-state index >= 15 is 0 Å². The van der Waals surface area contributed by atoms with Crippen LogP contribution in [0.15, 0.2) is 6.07 Å². The summed E-state index contributed by atoms with van der Waals surface area (Å²) in [5.41, 5.74) is 1.25. The molecule has 0 unspecified atom stereocenters. The van der Waals surface area contributed by atoms with Crippen LogP contribution in [0.2, 0.25) is 5.02 Å². The maximum absolute atomic E-state index is 12.2. The first kappa shape index (κ1) is 21.1. The predicted octanol–water partition coefficient (Wildman–Crippen LogP) is 3.84. The van der Waals surface area contributed by atoms with E-state index in [1.165, 1.54) is 0 Å². The molecule has 2 rings (SSSR count). The molecule has 1 aliphatic heterocycles. The number of nitrogens with zero attached hydrogens (tertiary/aromatic N) is 2. The van der Waals surface area contributed by atoms with Gasteiger partial charge in [-0.2, -0.15) is 0 Å². The number of hydrogen-bond donors (Lipinski definition) is 3. The van der Waals surface area contributed by atoms with Crippen LogP contribution in [0.5, 0.6) is 0 Å². The Morgan fingerprint density at radius 3 is 2.30 bits per heavy atom. The largest absolute Gasteiger partial charge is 0.465 e. The topological polar surface area (TPSA) is 94.1 Å². The van der Waals surface area contributed by atoms with Crippen molar-refractivity contribution < 1.29 is 19.4 Å². The van der Waals surface area contributed by atoms with E-state index in [4.69, 9.17) is 16.3 Å². The first-order valence-corrected chi connectivity index (χ1v) is 9.12. The van der Waals surface area contributed by atoms with Crippen molar-refractivity contribution in [2.75, 3.05) is 48.8 Å². The zero-order valence-electron chi connectivity index (χ0n) is 16.4. The Hall–Kier alpha value is -2.19. The normalized spacial score (nSPS) is 15.4. The summed E-state index contributed by atoms with van der Waals surface area (Å²) in [6, 6.07) is 1.76. The molecular weight excluding hydrogens is 372 g/mol. The van der Waals surface area contributed by atoms with Gasteiger partial charge in [0.05, 0.1) is 22.1 Å². The Balaban J connectivity index is 2.41. The van der Waals surface area contributed by atoms with Crippen molar-refractivity contribution in [3.8, 4) is 0 Å². The summed E-state index contributed by atoms with van der Waals surface area (Å²) >= 11 is 6.52. The molecule has 3 N–H and O–H groups in total. The highest BCUT2D eigenvalue weighted by molar-refractivity contribution is 6.37. The molecule has 1 saturated heterocycles. The number of rotatable bonds is 3. The molecule has 0 atom stereocenters. The zero-order valence-corrected chi connectivity index (χ0v) is 17.1. The Morgan fingerprint density at radius 1 is 1.19 bits per heavy atom. The molecular formula is C18H27ClN4O4. The van der Waals surface area contributed by atoms with Gasteiger partial charge in [-0.3, -0.25) is 10.6 Å². The third kappa shape index (κ3) is 5.64. The number of carbonyl (C=O) groups excluding carboxylic acids is 1. The van der Waals surface area contributed by atoms with Gasteiger partial charge >= 0.3 is 12.2 Å². The number of amides is 2. The smallest absolute Gasteiger partial charge is 0.412 e. The number of carbonyl (C=O) groups is 2. The second-order valence-corrected chi connectivity index (χ2v) is 7.98. The number of anilines is 3. The number of likely N-dealkylation sites (N-methyl/N-ethyl adjacent to an activating group) is 1. The van der Waals surface area contributed by atoms with E-state index < -0.39 is 17.8 Å². The molecule has 0 bridgehead atoms. The molecule has 2 amide bonds. The van der Waals surface area contributed by atoms with Crippen molar-refractivity contribution in [3.05, 3.63) is 16.7 Å². The molecule has 0 radical (unpaired) electrons. The predicted molar refractivity (Wildman–Crippen MR) is 107 cm³/mol. The number of carboxylic acid groups (broad SMARTS) is 1.